The van der Waals surface area contributed by atoms with Gasteiger partial charge in [0, 0.05) is 19.4 Å². The van der Waals surface area contributed by atoms with E-state index in [2.05, 4.69) is 10.3 Å². The van der Waals surface area contributed by atoms with Gasteiger partial charge < -0.3 is 10.1 Å². The average molecular weight is 566 g/mol. The van der Waals surface area contributed by atoms with E-state index < -0.39 is 48.3 Å². The fourth-order valence-corrected chi connectivity index (χ4v) is 5.14. The van der Waals surface area contributed by atoms with Crippen LogP contribution >= 0.6 is 0 Å². The predicted octanol–water partition coefficient (Wildman–Crippen LogP) is 6.20. The van der Waals surface area contributed by atoms with Gasteiger partial charge in [0.1, 0.15) is 0 Å². The van der Waals surface area contributed by atoms with Gasteiger partial charge in [-0.25, -0.2) is 0 Å². The number of amides is 1. The Labute approximate surface area is 228 Å². The van der Waals surface area contributed by atoms with Crippen molar-refractivity contribution in [1.82, 2.24) is 15.2 Å². The molecule has 2 aromatic carbocycles. The smallest absolute Gasteiger partial charge is 0.372 e. The summed E-state index contributed by atoms with van der Waals surface area (Å²) in [6, 6.07) is 13.3. The van der Waals surface area contributed by atoms with E-state index in [1.54, 1.807) is 25.5 Å². The van der Waals surface area contributed by atoms with Gasteiger partial charge >= 0.3 is 12.4 Å². The Bertz CT molecular complexity index is 1240. The lowest BCUT2D eigenvalue weighted by Gasteiger charge is -2.45. The number of hydrogen-bond acceptors (Lipinski definition) is 4. The van der Waals surface area contributed by atoms with E-state index >= 15 is 0 Å². The molecule has 1 aliphatic heterocycles. The maximum Gasteiger partial charge on any atom is 0.416 e. The number of nitrogens with zero attached hydrogens (tertiary/aromatic N) is 2. The van der Waals surface area contributed by atoms with E-state index in [9.17, 15) is 31.1 Å². The number of hydrogen-bond donors (Lipinski definition) is 1. The number of ether oxygens (including phenoxy) is 1. The largest absolute Gasteiger partial charge is 0.416 e. The van der Waals surface area contributed by atoms with Crippen LogP contribution in [0.25, 0.3) is 0 Å². The Morgan fingerprint density at radius 2 is 1.68 bits per heavy atom. The monoisotopic (exact) mass is 565 g/mol. The summed E-state index contributed by atoms with van der Waals surface area (Å²) in [6.07, 6.45) is -5.70. The molecule has 3 aromatic rings. The number of halogens is 6. The second-order valence-electron chi connectivity index (χ2n) is 9.69. The Hall–Kier alpha value is -3.44. The first kappa shape index (κ1) is 29.5. The van der Waals surface area contributed by atoms with Crippen molar-refractivity contribution in [3.63, 3.8) is 0 Å². The molecule has 2 heterocycles. The first-order chi connectivity index (χ1) is 19.0. The van der Waals surface area contributed by atoms with E-state index in [1.807, 2.05) is 41.3 Å². The number of carbonyl (C=O) groups is 1. The molecule has 214 valence electrons. The number of benzene rings is 2. The van der Waals surface area contributed by atoms with Gasteiger partial charge in [0.15, 0.2) is 0 Å². The van der Waals surface area contributed by atoms with Crippen LogP contribution in [0, 0.1) is 0 Å². The number of rotatable bonds is 8. The predicted molar refractivity (Wildman–Crippen MR) is 136 cm³/mol. The third-order valence-corrected chi connectivity index (χ3v) is 6.97. The summed E-state index contributed by atoms with van der Waals surface area (Å²) in [5.74, 6) is -0.224. The van der Waals surface area contributed by atoms with Gasteiger partial charge in [0.05, 0.1) is 35.9 Å². The van der Waals surface area contributed by atoms with Gasteiger partial charge in [-0.2, -0.15) is 26.3 Å². The molecular weight excluding hydrogens is 536 g/mol. The number of carbonyl (C=O) groups excluding carboxylic acids is 1. The maximum atomic E-state index is 13.4. The van der Waals surface area contributed by atoms with Crippen LogP contribution in [0.2, 0.25) is 0 Å². The second kappa shape index (κ2) is 12.4. The van der Waals surface area contributed by atoms with E-state index in [0.717, 1.165) is 11.1 Å². The van der Waals surface area contributed by atoms with Gasteiger partial charge in [0.2, 0.25) is 5.91 Å². The van der Waals surface area contributed by atoms with Crippen LogP contribution < -0.4 is 5.32 Å². The molecule has 11 heteroatoms. The standard InChI is InChI=1S/C29H29F6N3O2/c1-36-27(39)24(15-19-7-5-11-37-17-19)38-12-6-10-25(26(38)21-8-3-2-4-9-21)40-18-20-13-22(28(30,31)32)16-23(14-20)29(33,34)35/h2-5,7-9,11,13-14,16-17,24-26H,6,10,12,15,18H2,1H3,(H,36,39)/t24-,25-,26-/m0/s1. The van der Waals surface area contributed by atoms with E-state index in [4.69, 9.17) is 4.74 Å². The molecule has 1 aliphatic rings. The minimum absolute atomic E-state index is 0.102. The van der Waals surface area contributed by atoms with Crippen LogP contribution in [-0.4, -0.2) is 41.5 Å². The highest BCUT2D eigenvalue weighted by molar-refractivity contribution is 5.82. The first-order valence-electron chi connectivity index (χ1n) is 12.8. The fraction of sp³-hybridized carbons (Fsp3) is 0.379. The van der Waals surface area contributed by atoms with Gasteiger partial charge in [-0.15, -0.1) is 0 Å². The Kier molecular flexibility index (Phi) is 9.15. The van der Waals surface area contributed by atoms with Crippen molar-refractivity contribution in [2.45, 2.75) is 56.4 Å². The lowest BCUT2D eigenvalue weighted by atomic mass is 9.89. The molecule has 0 spiro atoms. The highest BCUT2D eigenvalue weighted by Gasteiger charge is 2.40. The number of likely N-dealkylation sites (tertiary alicyclic amines) is 1. The average Bonchev–Trinajstić information content (AvgIpc) is 2.94. The normalized spacial score (nSPS) is 19.3. The molecule has 3 atom stereocenters. The maximum absolute atomic E-state index is 13.4. The zero-order valence-corrected chi connectivity index (χ0v) is 21.7. The molecule has 4 rings (SSSR count). The van der Waals surface area contributed by atoms with E-state index in [-0.39, 0.29) is 17.5 Å². The summed E-state index contributed by atoms with van der Waals surface area (Å²) in [6.45, 7) is 0.0850. The molecule has 1 aromatic heterocycles. The molecular formula is C29H29F6N3O2. The number of pyridine rings is 1. The molecule has 0 radical (unpaired) electrons. The Morgan fingerprint density at radius 1 is 1.00 bits per heavy atom. The van der Waals surface area contributed by atoms with Crippen LogP contribution in [0.3, 0.4) is 0 Å². The summed E-state index contributed by atoms with van der Waals surface area (Å²) in [7, 11) is 1.54. The Morgan fingerprint density at radius 3 is 2.25 bits per heavy atom. The third kappa shape index (κ3) is 7.19. The fourth-order valence-electron chi connectivity index (χ4n) is 5.14. The summed E-state index contributed by atoms with van der Waals surface area (Å²) >= 11 is 0. The number of nitrogens with one attached hydrogen (secondary N) is 1. The molecule has 1 amide bonds. The minimum atomic E-state index is -4.95. The van der Waals surface area contributed by atoms with Crippen LogP contribution in [0.5, 0.6) is 0 Å². The molecule has 1 fully saturated rings. The van der Waals surface area contributed by atoms with Crippen molar-refractivity contribution >= 4 is 5.91 Å². The topological polar surface area (TPSA) is 54.5 Å². The van der Waals surface area contributed by atoms with Crippen molar-refractivity contribution in [3.05, 3.63) is 101 Å². The summed E-state index contributed by atoms with van der Waals surface area (Å²) in [4.78, 5) is 19.3. The van der Waals surface area contributed by atoms with E-state index in [0.29, 0.717) is 37.9 Å². The number of likely N-dealkylation sites (N-methyl/N-ethyl adjacent to an activating group) is 1. The van der Waals surface area contributed by atoms with Crippen LogP contribution in [0.15, 0.2) is 73.1 Å². The molecule has 5 nitrogen and oxygen atoms in total. The second-order valence-corrected chi connectivity index (χ2v) is 9.69. The first-order valence-corrected chi connectivity index (χ1v) is 12.8. The van der Waals surface area contributed by atoms with Crippen LogP contribution in [0.4, 0.5) is 26.3 Å². The molecule has 1 saturated heterocycles. The molecule has 40 heavy (non-hydrogen) atoms. The molecule has 0 saturated carbocycles. The van der Waals surface area contributed by atoms with Crippen molar-refractivity contribution in [3.8, 4) is 0 Å². The van der Waals surface area contributed by atoms with Crippen LogP contribution in [0.1, 0.15) is 46.7 Å². The zero-order valence-electron chi connectivity index (χ0n) is 21.7. The summed E-state index contributed by atoms with van der Waals surface area (Å²) in [5, 5.41) is 2.71. The van der Waals surface area contributed by atoms with Crippen molar-refractivity contribution in [2.24, 2.45) is 0 Å². The van der Waals surface area contributed by atoms with Crippen molar-refractivity contribution < 1.29 is 35.9 Å². The molecule has 0 bridgehead atoms. The van der Waals surface area contributed by atoms with Gasteiger partial charge in [0.25, 0.3) is 0 Å². The van der Waals surface area contributed by atoms with Crippen molar-refractivity contribution in [1.29, 1.82) is 0 Å². The van der Waals surface area contributed by atoms with Gasteiger partial charge in [-0.05, 0) is 66.8 Å². The quantitative estimate of drug-likeness (QED) is 0.331. The highest BCUT2D eigenvalue weighted by atomic mass is 19.4. The minimum Gasteiger partial charge on any atom is -0.372 e. The summed E-state index contributed by atoms with van der Waals surface area (Å²) < 4.78 is 86.4. The highest BCUT2D eigenvalue weighted by Crippen LogP contribution is 2.39. The summed E-state index contributed by atoms with van der Waals surface area (Å²) in [5.41, 5.74) is -1.34. The number of alkyl halides is 6. The number of piperidine rings is 1. The van der Waals surface area contributed by atoms with Gasteiger partial charge in [-0.1, -0.05) is 36.4 Å². The Balaban J connectivity index is 1.66. The molecule has 0 unspecified atom stereocenters. The van der Waals surface area contributed by atoms with Crippen LogP contribution in [-0.2, 0) is 34.9 Å². The third-order valence-electron chi connectivity index (χ3n) is 6.97. The molecule has 1 N–H and O–H groups in total. The lowest BCUT2D eigenvalue weighted by molar-refractivity contribution is -0.143. The zero-order chi connectivity index (χ0) is 28.9. The number of aromatic nitrogens is 1. The lowest BCUT2D eigenvalue weighted by Crippen LogP contribution is -2.54. The molecule has 0 aliphatic carbocycles. The van der Waals surface area contributed by atoms with Crippen molar-refractivity contribution in [2.75, 3.05) is 13.6 Å². The van der Waals surface area contributed by atoms with Gasteiger partial charge in [-0.3, -0.25) is 14.7 Å². The van der Waals surface area contributed by atoms with E-state index in [1.165, 1.54) is 0 Å². The SMILES string of the molecule is CNC(=O)[C@H](Cc1cccnc1)N1CCC[C@H](OCc2cc(C(F)(F)F)cc(C(F)(F)F)c2)[C@@H]1c1ccccc1.